The fourth-order valence-electron chi connectivity index (χ4n) is 2.36. The molecule has 5 heteroatoms. The van der Waals surface area contributed by atoms with Crippen LogP contribution in [0.2, 0.25) is 0 Å². The average molecular weight is 340 g/mol. The summed E-state index contributed by atoms with van der Waals surface area (Å²) in [6.07, 6.45) is 0.354. The number of aryl methyl sites for hydroxylation is 2. The van der Waals surface area contributed by atoms with Gasteiger partial charge in [-0.25, -0.2) is 4.79 Å². The molecule has 25 heavy (non-hydrogen) atoms. The molecule has 5 nitrogen and oxygen atoms in total. The molecule has 2 aromatic rings. The topological polar surface area (TPSA) is 67.4 Å². The summed E-state index contributed by atoms with van der Waals surface area (Å²) in [6, 6.07) is 12.9. The number of carbonyl (C=O) groups is 2. The third-order valence-electron chi connectivity index (χ3n) is 3.74. The summed E-state index contributed by atoms with van der Waals surface area (Å²) in [5, 5.41) is 6.11. The van der Waals surface area contributed by atoms with Crippen molar-refractivity contribution in [2.75, 3.05) is 23.8 Å². The summed E-state index contributed by atoms with van der Waals surface area (Å²) in [4.78, 5) is 23.6. The lowest BCUT2D eigenvalue weighted by Gasteiger charge is -2.11. The van der Waals surface area contributed by atoms with E-state index in [-0.39, 0.29) is 11.9 Å². The first-order valence-electron chi connectivity index (χ1n) is 8.37. The van der Waals surface area contributed by atoms with Crippen LogP contribution < -0.4 is 10.6 Å². The third-order valence-corrected chi connectivity index (χ3v) is 3.74. The van der Waals surface area contributed by atoms with Crippen molar-refractivity contribution < 1.29 is 14.3 Å². The predicted molar refractivity (Wildman–Crippen MR) is 100 cm³/mol. The predicted octanol–water partition coefficient (Wildman–Crippen LogP) is 3.92. The number of esters is 1. The zero-order chi connectivity index (χ0) is 18.2. The van der Waals surface area contributed by atoms with E-state index in [4.69, 9.17) is 4.74 Å². The van der Waals surface area contributed by atoms with Crippen LogP contribution in [-0.4, -0.2) is 25.0 Å². The summed E-state index contributed by atoms with van der Waals surface area (Å²) in [6.45, 7) is 6.73. The molecule has 0 radical (unpaired) electrons. The van der Waals surface area contributed by atoms with Gasteiger partial charge in [0, 0.05) is 24.3 Å². The van der Waals surface area contributed by atoms with Crippen molar-refractivity contribution in [1.29, 1.82) is 0 Å². The van der Waals surface area contributed by atoms with Crippen molar-refractivity contribution in [2.24, 2.45) is 0 Å². The molecule has 0 spiro atoms. The van der Waals surface area contributed by atoms with Crippen molar-refractivity contribution in [3.63, 3.8) is 0 Å². The fraction of sp³-hybridized carbons (Fsp3) is 0.300. The van der Waals surface area contributed by atoms with Gasteiger partial charge in [-0.2, -0.15) is 0 Å². The third kappa shape index (κ3) is 5.64. The summed E-state index contributed by atoms with van der Waals surface area (Å²) in [5.74, 6) is -0.445. The second-order valence-corrected chi connectivity index (χ2v) is 5.84. The Bertz CT molecular complexity index is 739. The highest BCUT2D eigenvalue weighted by atomic mass is 16.5. The van der Waals surface area contributed by atoms with Gasteiger partial charge in [-0.15, -0.1) is 0 Å². The maximum atomic E-state index is 12.0. The van der Waals surface area contributed by atoms with Gasteiger partial charge < -0.3 is 15.4 Å². The number of hydrogen-bond acceptors (Lipinski definition) is 4. The number of nitrogens with one attached hydrogen (secondary N) is 2. The van der Waals surface area contributed by atoms with Crippen molar-refractivity contribution >= 4 is 23.3 Å². The molecule has 0 aromatic heterocycles. The van der Waals surface area contributed by atoms with Crippen LogP contribution in [0.5, 0.6) is 0 Å². The van der Waals surface area contributed by atoms with Crippen LogP contribution in [0.15, 0.2) is 42.5 Å². The van der Waals surface area contributed by atoms with Crippen LogP contribution in [0.25, 0.3) is 0 Å². The normalized spacial score (nSPS) is 10.2. The fourth-order valence-corrected chi connectivity index (χ4v) is 2.36. The van der Waals surface area contributed by atoms with E-state index in [1.54, 1.807) is 31.2 Å². The Hall–Kier alpha value is -2.82. The Morgan fingerprint density at radius 3 is 2.44 bits per heavy atom. The van der Waals surface area contributed by atoms with Crippen LogP contribution in [0.3, 0.4) is 0 Å². The second-order valence-electron chi connectivity index (χ2n) is 5.84. The maximum absolute atomic E-state index is 12.0. The van der Waals surface area contributed by atoms with E-state index in [9.17, 15) is 9.59 Å². The largest absolute Gasteiger partial charge is 0.462 e. The van der Waals surface area contributed by atoms with Crippen molar-refractivity contribution in [3.05, 3.63) is 59.2 Å². The van der Waals surface area contributed by atoms with Gasteiger partial charge in [-0.1, -0.05) is 12.1 Å². The molecule has 2 aromatic carbocycles. The van der Waals surface area contributed by atoms with E-state index in [1.165, 1.54) is 5.56 Å². The average Bonchev–Trinajstić information content (AvgIpc) is 2.59. The molecule has 0 heterocycles. The minimum atomic E-state index is -0.363. The summed E-state index contributed by atoms with van der Waals surface area (Å²) in [5.41, 5.74) is 4.51. The standard InChI is InChI=1S/C20H24N2O3/c1-4-25-20(24)16-7-9-17(10-8-16)22-19(23)11-12-21-18-13-14(2)5-6-15(18)3/h5-10,13,21H,4,11-12H2,1-3H3,(H,22,23). The van der Waals surface area contributed by atoms with E-state index in [0.717, 1.165) is 11.3 Å². The van der Waals surface area contributed by atoms with E-state index in [0.29, 0.717) is 30.8 Å². The zero-order valence-corrected chi connectivity index (χ0v) is 14.9. The van der Waals surface area contributed by atoms with Gasteiger partial charge in [-0.3, -0.25) is 4.79 Å². The van der Waals surface area contributed by atoms with Gasteiger partial charge in [0.1, 0.15) is 0 Å². The molecule has 0 unspecified atom stereocenters. The molecule has 0 aliphatic carbocycles. The van der Waals surface area contributed by atoms with Gasteiger partial charge >= 0.3 is 5.97 Å². The lowest BCUT2D eigenvalue weighted by molar-refractivity contribution is -0.115. The van der Waals surface area contributed by atoms with Crippen LogP contribution in [-0.2, 0) is 9.53 Å². The molecular weight excluding hydrogens is 316 g/mol. The van der Waals surface area contributed by atoms with Crippen LogP contribution >= 0.6 is 0 Å². The molecule has 132 valence electrons. The number of rotatable bonds is 7. The first kappa shape index (κ1) is 18.5. The monoisotopic (exact) mass is 340 g/mol. The van der Waals surface area contributed by atoms with Gasteiger partial charge in [0.05, 0.1) is 12.2 Å². The van der Waals surface area contributed by atoms with Crippen LogP contribution in [0.1, 0.15) is 34.8 Å². The molecule has 2 rings (SSSR count). The Balaban J connectivity index is 1.82. The lowest BCUT2D eigenvalue weighted by Crippen LogP contribution is -2.16. The lowest BCUT2D eigenvalue weighted by atomic mass is 10.1. The molecule has 0 saturated carbocycles. The van der Waals surface area contributed by atoms with Crippen LogP contribution in [0.4, 0.5) is 11.4 Å². The summed E-state index contributed by atoms with van der Waals surface area (Å²) in [7, 11) is 0. The van der Waals surface area contributed by atoms with E-state index >= 15 is 0 Å². The summed E-state index contributed by atoms with van der Waals surface area (Å²) >= 11 is 0. The van der Waals surface area contributed by atoms with Gasteiger partial charge in [0.15, 0.2) is 0 Å². The molecule has 0 bridgehead atoms. The molecular formula is C20H24N2O3. The van der Waals surface area contributed by atoms with Gasteiger partial charge in [0.2, 0.25) is 5.91 Å². The summed E-state index contributed by atoms with van der Waals surface area (Å²) < 4.78 is 4.93. The number of amides is 1. The number of hydrogen-bond donors (Lipinski definition) is 2. The van der Waals surface area contributed by atoms with Gasteiger partial charge in [0.25, 0.3) is 0 Å². The molecule has 0 atom stereocenters. The maximum Gasteiger partial charge on any atom is 0.338 e. The first-order chi connectivity index (χ1) is 12.0. The Labute approximate surface area is 148 Å². The highest BCUT2D eigenvalue weighted by molar-refractivity contribution is 5.93. The highest BCUT2D eigenvalue weighted by Gasteiger charge is 2.07. The smallest absolute Gasteiger partial charge is 0.338 e. The minimum Gasteiger partial charge on any atom is -0.462 e. The minimum absolute atomic E-state index is 0.0818. The van der Waals surface area contributed by atoms with Crippen LogP contribution in [0, 0.1) is 13.8 Å². The SMILES string of the molecule is CCOC(=O)c1ccc(NC(=O)CCNc2cc(C)ccc2C)cc1. The zero-order valence-electron chi connectivity index (χ0n) is 14.9. The number of carbonyl (C=O) groups excluding carboxylic acids is 2. The molecule has 0 aliphatic rings. The molecule has 1 amide bonds. The van der Waals surface area contributed by atoms with E-state index in [2.05, 4.69) is 28.8 Å². The van der Waals surface area contributed by atoms with Crippen molar-refractivity contribution in [3.8, 4) is 0 Å². The molecule has 0 fully saturated rings. The van der Waals surface area contributed by atoms with Crippen molar-refractivity contribution in [2.45, 2.75) is 27.2 Å². The Morgan fingerprint density at radius 1 is 1.04 bits per heavy atom. The first-order valence-corrected chi connectivity index (χ1v) is 8.37. The Morgan fingerprint density at radius 2 is 1.76 bits per heavy atom. The number of anilines is 2. The second kappa shape index (κ2) is 8.87. The number of benzene rings is 2. The van der Waals surface area contributed by atoms with Crippen molar-refractivity contribution in [1.82, 2.24) is 0 Å². The quantitative estimate of drug-likeness (QED) is 0.750. The molecule has 2 N–H and O–H groups in total. The Kier molecular flexibility index (Phi) is 6.57. The van der Waals surface area contributed by atoms with Gasteiger partial charge in [-0.05, 0) is 62.2 Å². The molecule has 0 saturated heterocycles. The molecule has 0 aliphatic heterocycles. The van der Waals surface area contributed by atoms with E-state index < -0.39 is 0 Å². The highest BCUT2D eigenvalue weighted by Crippen LogP contribution is 2.16. The van der Waals surface area contributed by atoms with E-state index in [1.807, 2.05) is 13.8 Å². The number of ether oxygens (including phenoxy) is 1.